The van der Waals surface area contributed by atoms with Crippen LogP contribution in [0, 0.1) is 17.5 Å². The fraction of sp³-hybridized carbons (Fsp3) is 0.571. The Morgan fingerprint density at radius 3 is 2.45 bits per heavy atom. The second kappa shape index (κ2) is 6.08. The number of likely N-dealkylation sites (tertiary alicyclic amines) is 1. The van der Waals surface area contributed by atoms with Gasteiger partial charge in [0.15, 0.2) is 11.6 Å². The van der Waals surface area contributed by atoms with Gasteiger partial charge >= 0.3 is 6.18 Å². The molecule has 0 spiro atoms. The summed E-state index contributed by atoms with van der Waals surface area (Å²) in [5.74, 6) is -4.37. The van der Waals surface area contributed by atoms with E-state index in [1.54, 1.807) is 0 Å². The highest BCUT2D eigenvalue weighted by molar-refractivity contribution is 5.26. The zero-order chi connectivity index (χ0) is 16.7. The van der Waals surface area contributed by atoms with Crippen molar-refractivity contribution in [1.82, 2.24) is 4.90 Å². The van der Waals surface area contributed by atoms with E-state index in [0.717, 1.165) is 11.0 Å². The summed E-state index contributed by atoms with van der Waals surface area (Å²) in [6.45, 7) is 0.277. The largest absolute Gasteiger partial charge is 0.401 e. The number of halogens is 6. The minimum Gasteiger partial charge on any atom is -0.327 e. The standard InChI is InChI=1S/C14H16F6N2/c1-7-10(11-2-8(15)3-12(16)13(11)17)4-9(21)5-22(7)6-14(18,19)20/h2-3,7,9-10H,4-6,21H2,1H3/t7-,9?,10-/m1/s1. The van der Waals surface area contributed by atoms with Gasteiger partial charge in [-0.1, -0.05) is 0 Å². The Balaban J connectivity index is 2.34. The highest BCUT2D eigenvalue weighted by atomic mass is 19.4. The maximum Gasteiger partial charge on any atom is 0.401 e. The molecule has 0 aromatic heterocycles. The van der Waals surface area contributed by atoms with Crippen molar-refractivity contribution in [3.05, 3.63) is 35.1 Å². The second-order valence-corrected chi connectivity index (χ2v) is 5.68. The van der Waals surface area contributed by atoms with Crippen LogP contribution in [-0.2, 0) is 0 Å². The van der Waals surface area contributed by atoms with Crippen molar-refractivity contribution in [3.63, 3.8) is 0 Å². The minimum atomic E-state index is -4.43. The SMILES string of the molecule is C[C@@H]1[C@H](c2cc(F)cc(F)c2F)CC(N)CN1CC(F)(F)F. The van der Waals surface area contributed by atoms with Crippen LogP contribution < -0.4 is 5.73 Å². The molecule has 1 unspecified atom stereocenters. The lowest BCUT2D eigenvalue weighted by Crippen LogP contribution is -2.54. The van der Waals surface area contributed by atoms with Crippen molar-refractivity contribution in [3.8, 4) is 0 Å². The number of benzene rings is 1. The summed E-state index contributed by atoms with van der Waals surface area (Å²) in [6, 6.07) is -0.144. The fourth-order valence-electron chi connectivity index (χ4n) is 2.99. The maximum absolute atomic E-state index is 13.9. The molecule has 1 fully saturated rings. The van der Waals surface area contributed by atoms with E-state index in [9.17, 15) is 26.3 Å². The van der Waals surface area contributed by atoms with Gasteiger partial charge in [-0.05, 0) is 25.0 Å². The molecule has 0 aliphatic carbocycles. The number of rotatable bonds is 2. The van der Waals surface area contributed by atoms with Crippen molar-refractivity contribution in [2.24, 2.45) is 5.73 Å². The summed E-state index contributed by atoms with van der Waals surface area (Å²) in [6.07, 6.45) is -4.27. The highest BCUT2D eigenvalue weighted by Gasteiger charge is 2.40. The lowest BCUT2D eigenvalue weighted by molar-refractivity contribution is -0.154. The fourth-order valence-corrected chi connectivity index (χ4v) is 2.99. The monoisotopic (exact) mass is 326 g/mol. The van der Waals surface area contributed by atoms with Crippen molar-refractivity contribution in [1.29, 1.82) is 0 Å². The number of nitrogens with two attached hydrogens (primary N) is 1. The quantitative estimate of drug-likeness (QED) is 0.668. The molecular formula is C14H16F6N2. The number of nitrogens with zero attached hydrogens (tertiary/aromatic N) is 1. The van der Waals surface area contributed by atoms with Crippen LogP contribution in [0.15, 0.2) is 12.1 Å². The first-order chi connectivity index (χ1) is 10.1. The Labute approximate surface area is 123 Å². The highest BCUT2D eigenvalue weighted by Crippen LogP contribution is 2.36. The first-order valence-electron chi connectivity index (χ1n) is 6.79. The van der Waals surface area contributed by atoms with Crippen LogP contribution in [0.3, 0.4) is 0 Å². The number of alkyl halides is 3. The average molecular weight is 326 g/mol. The molecule has 0 saturated carbocycles. The van der Waals surface area contributed by atoms with E-state index in [4.69, 9.17) is 5.73 Å². The van der Waals surface area contributed by atoms with Crippen LogP contribution in [0.1, 0.15) is 24.8 Å². The molecule has 2 rings (SSSR count). The molecule has 2 nitrogen and oxygen atoms in total. The smallest absolute Gasteiger partial charge is 0.327 e. The van der Waals surface area contributed by atoms with Crippen LogP contribution in [0.2, 0.25) is 0 Å². The lowest BCUT2D eigenvalue weighted by atomic mass is 9.82. The Bertz CT molecular complexity index is 545. The topological polar surface area (TPSA) is 29.3 Å². The summed E-state index contributed by atoms with van der Waals surface area (Å²) in [7, 11) is 0. The summed E-state index contributed by atoms with van der Waals surface area (Å²) in [5, 5.41) is 0. The molecule has 8 heteroatoms. The minimum absolute atomic E-state index is 0.00338. The molecule has 2 N–H and O–H groups in total. The van der Waals surface area contributed by atoms with Crippen molar-refractivity contribution >= 4 is 0 Å². The predicted molar refractivity (Wildman–Crippen MR) is 68.7 cm³/mol. The Morgan fingerprint density at radius 1 is 1.23 bits per heavy atom. The van der Waals surface area contributed by atoms with Gasteiger partial charge < -0.3 is 5.73 Å². The molecule has 1 aromatic rings. The van der Waals surface area contributed by atoms with E-state index in [1.807, 2.05) is 0 Å². The number of piperidine rings is 1. The molecule has 3 atom stereocenters. The van der Waals surface area contributed by atoms with Crippen molar-refractivity contribution in [2.45, 2.75) is 37.5 Å². The van der Waals surface area contributed by atoms with Crippen LogP contribution in [-0.4, -0.2) is 36.2 Å². The van der Waals surface area contributed by atoms with Gasteiger partial charge in [-0.25, -0.2) is 13.2 Å². The van der Waals surface area contributed by atoms with Crippen LogP contribution >= 0.6 is 0 Å². The zero-order valence-corrected chi connectivity index (χ0v) is 11.8. The molecule has 0 bridgehead atoms. The molecule has 124 valence electrons. The average Bonchev–Trinajstić information content (AvgIpc) is 2.36. The Kier molecular flexibility index (Phi) is 4.72. The first-order valence-corrected chi connectivity index (χ1v) is 6.79. The Morgan fingerprint density at radius 2 is 1.86 bits per heavy atom. The third kappa shape index (κ3) is 3.73. The number of hydrogen-bond acceptors (Lipinski definition) is 2. The van der Waals surface area contributed by atoms with E-state index in [2.05, 4.69) is 0 Å². The number of hydrogen-bond donors (Lipinski definition) is 1. The summed E-state index contributed by atoms with van der Waals surface area (Å²) < 4.78 is 78.4. The third-order valence-electron chi connectivity index (χ3n) is 3.99. The van der Waals surface area contributed by atoms with Gasteiger partial charge in [0.2, 0.25) is 0 Å². The maximum atomic E-state index is 13.9. The van der Waals surface area contributed by atoms with E-state index >= 15 is 0 Å². The van der Waals surface area contributed by atoms with E-state index in [0.29, 0.717) is 6.07 Å². The van der Waals surface area contributed by atoms with Crippen LogP contribution in [0.4, 0.5) is 26.3 Å². The van der Waals surface area contributed by atoms with E-state index in [-0.39, 0.29) is 18.5 Å². The Hall–Kier alpha value is -1.28. The molecule has 0 amide bonds. The second-order valence-electron chi connectivity index (χ2n) is 5.68. The lowest BCUT2D eigenvalue weighted by Gasteiger charge is -2.42. The molecular weight excluding hydrogens is 310 g/mol. The van der Waals surface area contributed by atoms with Gasteiger partial charge in [0.05, 0.1) is 6.54 Å². The van der Waals surface area contributed by atoms with E-state index in [1.165, 1.54) is 6.92 Å². The molecule has 0 radical (unpaired) electrons. The van der Waals surface area contributed by atoms with Gasteiger partial charge in [-0.2, -0.15) is 13.2 Å². The zero-order valence-electron chi connectivity index (χ0n) is 11.8. The normalized spacial score (nSPS) is 27.2. The van der Waals surface area contributed by atoms with Crippen LogP contribution in [0.5, 0.6) is 0 Å². The predicted octanol–water partition coefficient (Wildman–Crippen LogP) is 3.17. The summed E-state index contributed by atoms with van der Waals surface area (Å²) in [4.78, 5) is 1.07. The molecule has 1 aliphatic heterocycles. The summed E-state index contributed by atoms with van der Waals surface area (Å²) in [5.41, 5.74) is 5.47. The molecule has 1 saturated heterocycles. The van der Waals surface area contributed by atoms with E-state index < -0.39 is 48.2 Å². The molecule has 1 aromatic carbocycles. The van der Waals surface area contributed by atoms with Gasteiger partial charge in [-0.15, -0.1) is 0 Å². The molecule has 22 heavy (non-hydrogen) atoms. The van der Waals surface area contributed by atoms with Crippen molar-refractivity contribution in [2.75, 3.05) is 13.1 Å². The van der Waals surface area contributed by atoms with Gasteiger partial charge in [0.1, 0.15) is 5.82 Å². The van der Waals surface area contributed by atoms with Crippen LogP contribution in [0.25, 0.3) is 0 Å². The van der Waals surface area contributed by atoms with Gasteiger partial charge in [-0.3, -0.25) is 4.90 Å². The molecule has 1 aliphatic rings. The van der Waals surface area contributed by atoms with Crippen molar-refractivity contribution < 1.29 is 26.3 Å². The third-order valence-corrected chi connectivity index (χ3v) is 3.99. The molecule has 1 heterocycles. The van der Waals surface area contributed by atoms with Gasteiger partial charge in [0, 0.05) is 30.6 Å². The first kappa shape index (κ1) is 17.1. The van der Waals surface area contributed by atoms with Gasteiger partial charge in [0.25, 0.3) is 0 Å². The summed E-state index contributed by atoms with van der Waals surface area (Å²) >= 11 is 0.